The molecular formula is C21H19NO2S. The van der Waals surface area contributed by atoms with Gasteiger partial charge in [0.05, 0.1) is 17.0 Å². The molecular weight excluding hydrogens is 330 g/mol. The summed E-state index contributed by atoms with van der Waals surface area (Å²) in [5.41, 5.74) is 3.09. The highest BCUT2D eigenvalue weighted by atomic mass is 32.2. The highest BCUT2D eigenvalue weighted by Gasteiger charge is 2.56. The third-order valence-corrected chi connectivity index (χ3v) is 6.51. The number of sulfonamides is 1. The summed E-state index contributed by atoms with van der Waals surface area (Å²) in [7, 11) is -3.54. The van der Waals surface area contributed by atoms with Gasteiger partial charge < -0.3 is 0 Å². The van der Waals surface area contributed by atoms with Crippen LogP contribution in [0.4, 0.5) is 0 Å². The maximum atomic E-state index is 13.2. The maximum Gasteiger partial charge on any atom is 0.244 e. The number of nitrogens with zero attached hydrogens (tertiary/aromatic N) is 1. The summed E-state index contributed by atoms with van der Waals surface area (Å²) in [6.45, 7) is 1.95. The number of aryl methyl sites for hydroxylation is 1. The fourth-order valence-corrected chi connectivity index (χ4v) is 5.04. The van der Waals surface area contributed by atoms with Crippen LogP contribution in [0.5, 0.6) is 0 Å². The Kier molecular flexibility index (Phi) is 3.94. The Morgan fingerprint density at radius 3 is 1.56 bits per heavy atom. The molecule has 0 N–H and O–H groups in total. The minimum absolute atomic E-state index is 0.157. The van der Waals surface area contributed by atoms with Gasteiger partial charge in [-0.3, -0.25) is 0 Å². The molecule has 3 atom stereocenters. The molecule has 1 heterocycles. The molecule has 0 spiro atoms. The van der Waals surface area contributed by atoms with E-state index in [-0.39, 0.29) is 12.1 Å². The molecule has 126 valence electrons. The summed E-state index contributed by atoms with van der Waals surface area (Å²) in [6, 6.07) is 26.4. The molecule has 3 aromatic rings. The van der Waals surface area contributed by atoms with E-state index in [2.05, 4.69) is 0 Å². The van der Waals surface area contributed by atoms with Gasteiger partial charge in [0.25, 0.3) is 0 Å². The van der Waals surface area contributed by atoms with Gasteiger partial charge in [0.2, 0.25) is 10.0 Å². The third-order valence-electron chi connectivity index (χ3n) is 4.64. The third kappa shape index (κ3) is 2.88. The molecule has 0 bridgehead atoms. The standard InChI is InChI=1S/C21H19NO2S/c1-16-12-14-19(15-13-16)25(23,24)22-20(17-8-4-2-5-9-17)21(22)18-10-6-3-7-11-18/h2-15,20-21H,1H3/t20-,21?,22?/m0/s1. The van der Waals surface area contributed by atoms with Crippen LogP contribution in [0.1, 0.15) is 28.8 Å². The Hall–Kier alpha value is -2.43. The lowest BCUT2D eigenvalue weighted by atomic mass is 10.0. The number of hydrogen-bond acceptors (Lipinski definition) is 2. The van der Waals surface area contributed by atoms with Gasteiger partial charge >= 0.3 is 0 Å². The van der Waals surface area contributed by atoms with E-state index in [1.54, 1.807) is 16.4 Å². The smallest absolute Gasteiger partial charge is 0.207 e. The lowest BCUT2D eigenvalue weighted by Crippen LogP contribution is -2.13. The van der Waals surface area contributed by atoms with Crippen LogP contribution in [-0.2, 0) is 10.0 Å². The van der Waals surface area contributed by atoms with E-state index in [9.17, 15) is 8.42 Å². The second kappa shape index (κ2) is 6.14. The van der Waals surface area contributed by atoms with Crippen LogP contribution in [0.2, 0.25) is 0 Å². The number of rotatable bonds is 4. The van der Waals surface area contributed by atoms with Crippen LogP contribution in [0.25, 0.3) is 0 Å². The zero-order valence-electron chi connectivity index (χ0n) is 13.9. The predicted molar refractivity (Wildman–Crippen MR) is 98.6 cm³/mol. The monoisotopic (exact) mass is 349 g/mol. The van der Waals surface area contributed by atoms with Crippen molar-refractivity contribution in [3.05, 3.63) is 102 Å². The molecule has 0 amide bonds. The molecule has 25 heavy (non-hydrogen) atoms. The molecule has 4 rings (SSSR count). The van der Waals surface area contributed by atoms with Crippen molar-refractivity contribution in [2.24, 2.45) is 0 Å². The largest absolute Gasteiger partial charge is 0.244 e. The summed E-state index contributed by atoms with van der Waals surface area (Å²) in [5, 5.41) is 0. The second-order valence-corrected chi connectivity index (χ2v) is 8.20. The first-order chi connectivity index (χ1) is 12.1. The van der Waals surface area contributed by atoms with E-state index >= 15 is 0 Å². The average Bonchev–Trinajstić information content (AvgIpc) is 3.40. The summed E-state index contributed by atoms with van der Waals surface area (Å²) < 4.78 is 28.0. The van der Waals surface area contributed by atoms with Crippen LogP contribution in [0.3, 0.4) is 0 Å². The lowest BCUT2D eigenvalue weighted by Gasteiger charge is -2.07. The van der Waals surface area contributed by atoms with Crippen molar-refractivity contribution >= 4 is 10.0 Å². The van der Waals surface area contributed by atoms with E-state index in [0.29, 0.717) is 4.90 Å². The Bertz CT molecular complexity index is 922. The van der Waals surface area contributed by atoms with E-state index in [1.165, 1.54) is 0 Å². The quantitative estimate of drug-likeness (QED) is 0.651. The molecule has 3 nitrogen and oxygen atoms in total. The first-order valence-electron chi connectivity index (χ1n) is 8.29. The van der Waals surface area contributed by atoms with Gasteiger partial charge in [0.1, 0.15) is 0 Å². The van der Waals surface area contributed by atoms with Crippen molar-refractivity contribution in [2.45, 2.75) is 23.9 Å². The van der Waals surface area contributed by atoms with Gasteiger partial charge in [0, 0.05) is 0 Å². The van der Waals surface area contributed by atoms with Crippen molar-refractivity contribution in [2.75, 3.05) is 0 Å². The summed E-state index contributed by atoms with van der Waals surface area (Å²) >= 11 is 0. The van der Waals surface area contributed by atoms with Crippen molar-refractivity contribution in [3.8, 4) is 0 Å². The first-order valence-corrected chi connectivity index (χ1v) is 9.73. The molecule has 1 fully saturated rings. The van der Waals surface area contributed by atoms with Gasteiger partial charge in [-0.05, 0) is 30.2 Å². The van der Waals surface area contributed by atoms with E-state index in [0.717, 1.165) is 16.7 Å². The molecule has 0 aliphatic carbocycles. The van der Waals surface area contributed by atoms with Gasteiger partial charge in [-0.25, -0.2) is 8.42 Å². The summed E-state index contributed by atoms with van der Waals surface area (Å²) in [6.07, 6.45) is 0. The van der Waals surface area contributed by atoms with Gasteiger partial charge in [-0.2, -0.15) is 4.31 Å². The van der Waals surface area contributed by atoms with Gasteiger partial charge in [-0.1, -0.05) is 78.4 Å². The van der Waals surface area contributed by atoms with Crippen molar-refractivity contribution < 1.29 is 8.42 Å². The number of benzene rings is 3. The van der Waals surface area contributed by atoms with Gasteiger partial charge in [-0.15, -0.1) is 0 Å². The summed E-state index contributed by atoms with van der Waals surface area (Å²) in [4.78, 5) is 0.345. The SMILES string of the molecule is Cc1ccc(S(=O)(=O)N2C(c3ccccc3)[C@@H]2c2ccccc2)cc1. The Labute approximate surface area is 148 Å². The Morgan fingerprint density at radius 1 is 0.680 bits per heavy atom. The minimum atomic E-state index is -3.54. The van der Waals surface area contributed by atoms with Crippen LogP contribution in [-0.4, -0.2) is 12.7 Å². The van der Waals surface area contributed by atoms with Crippen LogP contribution < -0.4 is 0 Å². The van der Waals surface area contributed by atoms with Crippen molar-refractivity contribution in [1.82, 2.24) is 4.31 Å². The molecule has 0 radical (unpaired) electrons. The molecule has 0 saturated carbocycles. The second-order valence-electron chi connectivity index (χ2n) is 6.36. The van der Waals surface area contributed by atoms with Crippen molar-refractivity contribution in [3.63, 3.8) is 0 Å². The molecule has 1 aliphatic heterocycles. The lowest BCUT2D eigenvalue weighted by molar-refractivity contribution is 0.547. The minimum Gasteiger partial charge on any atom is -0.207 e. The zero-order valence-corrected chi connectivity index (χ0v) is 14.7. The highest BCUT2D eigenvalue weighted by molar-refractivity contribution is 7.89. The maximum absolute atomic E-state index is 13.2. The molecule has 3 aromatic carbocycles. The van der Waals surface area contributed by atoms with E-state index in [4.69, 9.17) is 0 Å². The fourth-order valence-electron chi connectivity index (χ4n) is 3.30. The van der Waals surface area contributed by atoms with E-state index < -0.39 is 10.0 Å². The zero-order chi connectivity index (χ0) is 17.4. The number of hydrogen-bond donors (Lipinski definition) is 0. The van der Waals surface area contributed by atoms with Crippen LogP contribution in [0, 0.1) is 6.92 Å². The molecule has 1 aliphatic rings. The molecule has 2 unspecified atom stereocenters. The normalized spacial score (nSPS) is 22.5. The fraction of sp³-hybridized carbons (Fsp3) is 0.143. The molecule has 4 heteroatoms. The van der Waals surface area contributed by atoms with Crippen molar-refractivity contribution in [1.29, 1.82) is 0 Å². The Morgan fingerprint density at radius 2 is 1.12 bits per heavy atom. The summed E-state index contributed by atoms with van der Waals surface area (Å²) in [5.74, 6) is 0. The topological polar surface area (TPSA) is 37.1 Å². The average molecular weight is 349 g/mol. The van der Waals surface area contributed by atoms with E-state index in [1.807, 2.05) is 79.7 Å². The van der Waals surface area contributed by atoms with Crippen LogP contribution in [0.15, 0.2) is 89.8 Å². The molecule has 1 saturated heterocycles. The first kappa shape index (κ1) is 16.1. The van der Waals surface area contributed by atoms with Crippen LogP contribution >= 0.6 is 0 Å². The highest BCUT2D eigenvalue weighted by Crippen LogP contribution is 2.57. The van der Waals surface area contributed by atoms with Gasteiger partial charge in [0.15, 0.2) is 0 Å². The predicted octanol–water partition coefficient (Wildman–Crippen LogP) is 4.48. The Balaban J connectivity index is 1.77. The molecule has 0 aromatic heterocycles.